The van der Waals surface area contributed by atoms with Crippen molar-refractivity contribution in [3.63, 3.8) is 0 Å². The third kappa shape index (κ3) is 4.09. The number of nitrogens with one attached hydrogen (secondary N) is 1. The topological polar surface area (TPSA) is 17.0 Å². The zero-order valence-corrected chi connectivity index (χ0v) is 12.8. The maximum Gasteiger partial charge on any atom is 0.124 e. The fraction of sp³-hybridized carbons (Fsp3) is 0.375. The summed E-state index contributed by atoms with van der Waals surface area (Å²) in [6.45, 7) is 7.84. The molecular formula is C16H20ClFN2. The fourth-order valence-corrected chi connectivity index (χ4v) is 2.18. The minimum Gasteiger partial charge on any atom is -0.346 e. The molecule has 0 bridgehead atoms. The van der Waals surface area contributed by atoms with Crippen LogP contribution in [-0.2, 0) is 13.1 Å². The molecule has 0 aliphatic heterocycles. The molecule has 0 radical (unpaired) electrons. The first-order valence-electron chi connectivity index (χ1n) is 6.68. The van der Waals surface area contributed by atoms with Crippen molar-refractivity contribution >= 4 is 11.6 Å². The van der Waals surface area contributed by atoms with Crippen molar-refractivity contribution in [3.8, 4) is 0 Å². The lowest BCUT2D eigenvalue weighted by molar-refractivity contribution is 0.417. The molecule has 1 N–H and O–H groups in total. The Labute approximate surface area is 124 Å². The van der Waals surface area contributed by atoms with Gasteiger partial charge in [0.1, 0.15) is 5.82 Å². The average Bonchev–Trinajstić information content (AvgIpc) is 2.77. The van der Waals surface area contributed by atoms with Gasteiger partial charge < -0.3 is 9.88 Å². The number of aromatic nitrogens is 1. The second-order valence-corrected chi connectivity index (χ2v) is 6.37. The molecule has 0 unspecified atom stereocenters. The van der Waals surface area contributed by atoms with Gasteiger partial charge in [-0.3, -0.25) is 0 Å². The van der Waals surface area contributed by atoms with Crippen LogP contribution in [0.15, 0.2) is 36.5 Å². The summed E-state index contributed by atoms with van der Waals surface area (Å²) in [5.74, 6) is -0.305. The predicted molar refractivity (Wildman–Crippen MR) is 81.5 cm³/mol. The predicted octanol–water partition coefficient (Wildman–Crippen LogP) is 4.22. The van der Waals surface area contributed by atoms with Crippen molar-refractivity contribution in [2.45, 2.75) is 39.4 Å². The number of nitrogens with zero attached hydrogens (tertiary/aromatic N) is 1. The molecule has 0 saturated carbocycles. The van der Waals surface area contributed by atoms with E-state index in [1.165, 1.54) is 17.8 Å². The van der Waals surface area contributed by atoms with Gasteiger partial charge in [-0.25, -0.2) is 4.39 Å². The number of halogens is 2. The molecule has 1 aromatic carbocycles. The van der Waals surface area contributed by atoms with E-state index < -0.39 is 0 Å². The molecule has 0 atom stereocenters. The van der Waals surface area contributed by atoms with Gasteiger partial charge in [-0.2, -0.15) is 0 Å². The Kier molecular flexibility index (Phi) is 4.51. The van der Waals surface area contributed by atoms with Crippen LogP contribution in [0.2, 0.25) is 5.02 Å². The second-order valence-electron chi connectivity index (χ2n) is 5.97. The summed E-state index contributed by atoms with van der Waals surface area (Å²) in [5, 5.41) is 3.93. The zero-order valence-electron chi connectivity index (χ0n) is 12.1. The molecule has 0 aliphatic rings. The van der Waals surface area contributed by atoms with Gasteiger partial charge in [0.15, 0.2) is 0 Å². The molecule has 0 saturated heterocycles. The summed E-state index contributed by atoms with van der Waals surface area (Å²) in [4.78, 5) is 0. The monoisotopic (exact) mass is 294 g/mol. The van der Waals surface area contributed by atoms with E-state index in [2.05, 4.69) is 36.7 Å². The largest absolute Gasteiger partial charge is 0.346 e. The van der Waals surface area contributed by atoms with Gasteiger partial charge in [-0.1, -0.05) is 17.7 Å². The highest BCUT2D eigenvalue weighted by molar-refractivity contribution is 6.31. The molecule has 1 heterocycles. The molecule has 108 valence electrons. The molecule has 4 heteroatoms. The molecule has 20 heavy (non-hydrogen) atoms. The van der Waals surface area contributed by atoms with Gasteiger partial charge in [0.05, 0.1) is 0 Å². The van der Waals surface area contributed by atoms with Crippen LogP contribution >= 0.6 is 11.6 Å². The Balaban J connectivity index is 2.12. The summed E-state index contributed by atoms with van der Waals surface area (Å²) in [6.07, 6.45) is 2.01. The molecule has 2 aromatic rings. The standard InChI is InChI=1S/C16H20ClFN2/c1-16(2,3)19-10-14-5-4-8-20(14)11-12-6-7-13(18)9-15(12)17/h4-9,19H,10-11H2,1-3H3. The van der Waals surface area contributed by atoms with E-state index in [9.17, 15) is 4.39 Å². The van der Waals surface area contributed by atoms with Crippen LogP contribution < -0.4 is 5.32 Å². The Morgan fingerprint density at radius 3 is 2.65 bits per heavy atom. The van der Waals surface area contributed by atoms with Gasteiger partial charge in [0.2, 0.25) is 0 Å². The molecule has 0 fully saturated rings. The maximum atomic E-state index is 13.1. The zero-order chi connectivity index (χ0) is 14.8. The van der Waals surface area contributed by atoms with Gasteiger partial charge in [-0.05, 0) is 50.6 Å². The number of rotatable bonds is 4. The van der Waals surface area contributed by atoms with E-state index >= 15 is 0 Å². The van der Waals surface area contributed by atoms with Crippen LogP contribution in [0, 0.1) is 5.82 Å². The Morgan fingerprint density at radius 1 is 1.25 bits per heavy atom. The van der Waals surface area contributed by atoms with E-state index in [0.29, 0.717) is 11.6 Å². The minimum absolute atomic E-state index is 0.0720. The number of benzene rings is 1. The molecule has 0 spiro atoms. The van der Waals surface area contributed by atoms with Crippen molar-refractivity contribution in [1.29, 1.82) is 0 Å². The van der Waals surface area contributed by atoms with E-state index in [-0.39, 0.29) is 11.4 Å². The highest BCUT2D eigenvalue weighted by Crippen LogP contribution is 2.19. The summed E-state index contributed by atoms with van der Waals surface area (Å²) < 4.78 is 15.2. The molecular weight excluding hydrogens is 275 g/mol. The van der Waals surface area contributed by atoms with Gasteiger partial charge in [0, 0.05) is 35.5 Å². The Morgan fingerprint density at radius 2 is 2.00 bits per heavy atom. The van der Waals surface area contributed by atoms with Crippen LogP contribution in [0.25, 0.3) is 0 Å². The lowest BCUT2D eigenvalue weighted by atomic mass is 10.1. The summed E-state index contributed by atoms with van der Waals surface area (Å²) in [6, 6.07) is 8.62. The Hall–Kier alpha value is -1.32. The second kappa shape index (κ2) is 5.98. The van der Waals surface area contributed by atoms with Gasteiger partial charge in [0.25, 0.3) is 0 Å². The van der Waals surface area contributed by atoms with Crippen molar-refractivity contribution in [2.24, 2.45) is 0 Å². The normalized spacial score (nSPS) is 11.8. The summed E-state index contributed by atoms with van der Waals surface area (Å²) in [5.41, 5.74) is 2.17. The number of hydrogen-bond donors (Lipinski definition) is 1. The third-order valence-electron chi connectivity index (χ3n) is 3.08. The van der Waals surface area contributed by atoms with Crippen LogP contribution in [0.4, 0.5) is 4.39 Å². The van der Waals surface area contributed by atoms with Crippen molar-refractivity contribution in [1.82, 2.24) is 9.88 Å². The van der Waals surface area contributed by atoms with Gasteiger partial charge >= 0.3 is 0 Å². The van der Waals surface area contributed by atoms with Crippen LogP contribution in [0.3, 0.4) is 0 Å². The van der Waals surface area contributed by atoms with E-state index in [4.69, 9.17) is 11.6 Å². The molecule has 1 aromatic heterocycles. The van der Waals surface area contributed by atoms with E-state index in [1.807, 2.05) is 12.3 Å². The van der Waals surface area contributed by atoms with E-state index in [0.717, 1.165) is 12.1 Å². The maximum absolute atomic E-state index is 13.1. The Bertz CT molecular complexity index is 584. The molecule has 0 amide bonds. The SMILES string of the molecule is CC(C)(C)NCc1cccn1Cc1ccc(F)cc1Cl. The summed E-state index contributed by atoms with van der Waals surface area (Å²) in [7, 11) is 0. The van der Waals surface area contributed by atoms with Crippen LogP contribution in [0.1, 0.15) is 32.0 Å². The van der Waals surface area contributed by atoms with Crippen LogP contribution in [-0.4, -0.2) is 10.1 Å². The lowest BCUT2D eigenvalue weighted by Gasteiger charge is -2.21. The van der Waals surface area contributed by atoms with Gasteiger partial charge in [-0.15, -0.1) is 0 Å². The van der Waals surface area contributed by atoms with Crippen molar-refractivity contribution in [2.75, 3.05) is 0 Å². The first kappa shape index (κ1) is 15.1. The van der Waals surface area contributed by atoms with Crippen LogP contribution in [0.5, 0.6) is 0 Å². The third-order valence-corrected chi connectivity index (χ3v) is 3.43. The first-order chi connectivity index (χ1) is 9.35. The molecule has 2 nitrogen and oxygen atoms in total. The highest BCUT2D eigenvalue weighted by atomic mass is 35.5. The van der Waals surface area contributed by atoms with E-state index in [1.54, 1.807) is 6.07 Å². The molecule has 0 aliphatic carbocycles. The quantitative estimate of drug-likeness (QED) is 0.893. The first-order valence-corrected chi connectivity index (χ1v) is 7.06. The van der Waals surface area contributed by atoms with Crippen molar-refractivity contribution < 1.29 is 4.39 Å². The number of hydrogen-bond acceptors (Lipinski definition) is 1. The smallest absolute Gasteiger partial charge is 0.124 e. The summed E-state index contributed by atoms with van der Waals surface area (Å²) >= 11 is 6.08. The highest BCUT2D eigenvalue weighted by Gasteiger charge is 2.11. The minimum atomic E-state index is -0.305. The lowest BCUT2D eigenvalue weighted by Crippen LogP contribution is -2.35. The fourth-order valence-electron chi connectivity index (χ4n) is 1.95. The average molecular weight is 295 g/mol. The van der Waals surface area contributed by atoms with Crippen molar-refractivity contribution in [3.05, 3.63) is 58.6 Å². The molecule has 2 rings (SSSR count).